The fourth-order valence-corrected chi connectivity index (χ4v) is 0.604. The van der Waals surface area contributed by atoms with Gasteiger partial charge in [0.25, 0.3) is 0 Å². The van der Waals surface area contributed by atoms with Gasteiger partial charge < -0.3 is 30.3 Å². The number of aliphatic carboxylic acids is 1. The highest BCUT2D eigenvalue weighted by Crippen LogP contribution is 2.02. The second-order valence-corrected chi connectivity index (χ2v) is 2.39. The summed E-state index contributed by atoms with van der Waals surface area (Å²) in [5, 5.41) is 44.5. The van der Waals surface area contributed by atoms with Gasteiger partial charge in [-0.05, 0) is 0 Å². The van der Waals surface area contributed by atoms with Gasteiger partial charge in [-0.2, -0.15) is 0 Å². The molecule has 0 fully saturated rings. The van der Waals surface area contributed by atoms with Crippen molar-refractivity contribution in [3.63, 3.8) is 0 Å². The number of carboxylic acids is 1. The summed E-state index contributed by atoms with van der Waals surface area (Å²) >= 11 is 0. The van der Waals surface area contributed by atoms with E-state index in [1.54, 1.807) is 0 Å². The van der Waals surface area contributed by atoms with E-state index < -0.39 is 37.3 Å². The maximum Gasteiger partial charge on any atom is 0.103 e. The van der Waals surface area contributed by atoms with Crippen LogP contribution in [0.15, 0.2) is 0 Å². The normalized spacial score (nSPS) is 18.3. The van der Waals surface area contributed by atoms with Gasteiger partial charge in [0.15, 0.2) is 0 Å². The molecule has 0 saturated carbocycles. The zero-order valence-corrected chi connectivity index (χ0v) is 6.25. The lowest BCUT2D eigenvalue weighted by atomic mass is 10.1. The molecule has 0 spiro atoms. The zero-order valence-electron chi connectivity index (χ0n) is 6.25. The van der Waals surface area contributed by atoms with Crippen LogP contribution in [0, 0.1) is 0 Å². The summed E-state index contributed by atoms with van der Waals surface area (Å²) in [6, 6.07) is 0. The number of aliphatic hydroxyl groups excluding tert-OH is 4. The molecule has 0 aliphatic heterocycles. The average Bonchev–Trinajstić information content (AvgIpc) is 2.02. The minimum absolute atomic E-state index is 0.565. The summed E-state index contributed by atoms with van der Waals surface area (Å²) in [4.78, 5) is 9.93. The van der Waals surface area contributed by atoms with Crippen molar-refractivity contribution < 1.29 is 30.3 Å². The predicted molar refractivity (Wildman–Crippen MR) is 34.7 cm³/mol. The minimum atomic E-state index is -1.83. The zero-order chi connectivity index (χ0) is 9.72. The Labute approximate surface area is 68.7 Å². The first-order chi connectivity index (χ1) is 5.49. The number of carbonyl (C=O) groups is 1. The van der Waals surface area contributed by atoms with Crippen LogP contribution in [0.5, 0.6) is 0 Å². The molecule has 0 saturated heterocycles. The standard InChI is InChI=1S/C6H12O6/c7-2-5(10)3(8)1-4(9)6(11)12/h3-5,7-10H,1-2H2,(H,11,12)/p-1/t3-,4-,5+/m0/s1. The molecule has 6 nitrogen and oxygen atoms in total. The van der Waals surface area contributed by atoms with E-state index >= 15 is 0 Å². The summed E-state index contributed by atoms with van der Waals surface area (Å²) in [6.07, 6.45) is -5.31. The summed E-state index contributed by atoms with van der Waals surface area (Å²) in [7, 11) is 0. The molecule has 12 heavy (non-hydrogen) atoms. The SMILES string of the molecule is O=C([O-])[C@@H](O)C[C@H](O)[C@H](O)CO. The van der Waals surface area contributed by atoms with Crippen LogP contribution in [0.4, 0.5) is 0 Å². The van der Waals surface area contributed by atoms with E-state index in [9.17, 15) is 9.90 Å². The fraction of sp³-hybridized carbons (Fsp3) is 0.833. The van der Waals surface area contributed by atoms with Crippen molar-refractivity contribution in [1.29, 1.82) is 0 Å². The van der Waals surface area contributed by atoms with E-state index in [1.165, 1.54) is 0 Å². The maximum absolute atomic E-state index is 9.93. The highest BCUT2D eigenvalue weighted by atomic mass is 16.4. The van der Waals surface area contributed by atoms with Crippen molar-refractivity contribution in [3.8, 4) is 0 Å². The van der Waals surface area contributed by atoms with Gasteiger partial charge in [-0.15, -0.1) is 0 Å². The average molecular weight is 179 g/mol. The van der Waals surface area contributed by atoms with Gasteiger partial charge >= 0.3 is 0 Å². The highest BCUT2D eigenvalue weighted by molar-refractivity contribution is 5.69. The Balaban J connectivity index is 3.83. The topological polar surface area (TPSA) is 121 Å². The number of carbonyl (C=O) groups excluding carboxylic acids is 1. The van der Waals surface area contributed by atoms with Crippen LogP contribution in [0.2, 0.25) is 0 Å². The van der Waals surface area contributed by atoms with Gasteiger partial charge in [-0.25, -0.2) is 0 Å². The van der Waals surface area contributed by atoms with Crippen molar-refractivity contribution in [2.24, 2.45) is 0 Å². The van der Waals surface area contributed by atoms with Crippen LogP contribution in [0.1, 0.15) is 6.42 Å². The van der Waals surface area contributed by atoms with Crippen molar-refractivity contribution in [1.82, 2.24) is 0 Å². The monoisotopic (exact) mass is 179 g/mol. The fourth-order valence-electron chi connectivity index (χ4n) is 0.604. The van der Waals surface area contributed by atoms with E-state index in [-0.39, 0.29) is 0 Å². The second kappa shape index (κ2) is 5.04. The molecular weight excluding hydrogens is 168 g/mol. The Morgan fingerprint density at radius 1 is 1.25 bits per heavy atom. The van der Waals surface area contributed by atoms with Crippen LogP contribution in [0.25, 0.3) is 0 Å². The lowest BCUT2D eigenvalue weighted by Gasteiger charge is -2.19. The summed E-state index contributed by atoms with van der Waals surface area (Å²) in [5.41, 5.74) is 0. The molecule has 0 unspecified atom stereocenters. The first kappa shape index (κ1) is 11.3. The first-order valence-electron chi connectivity index (χ1n) is 3.35. The van der Waals surface area contributed by atoms with E-state index in [1.807, 2.05) is 0 Å². The molecule has 0 aromatic carbocycles. The summed E-state index contributed by atoms with van der Waals surface area (Å²) in [6.45, 7) is -0.694. The van der Waals surface area contributed by atoms with Gasteiger partial charge in [0, 0.05) is 6.42 Å². The molecule has 0 rings (SSSR count). The van der Waals surface area contributed by atoms with Gasteiger partial charge in [-0.1, -0.05) is 0 Å². The molecule has 0 amide bonds. The Morgan fingerprint density at radius 2 is 1.75 bits per heavy atom. The third-order valence-electron chi connectivity index (χ3n) is 1.37. The largest absolute Gasteiger partial charge is 0.547 e. The molecule has 0 aliphatic rings. The molecule has 6 heteroatoms. The summed E-state index contributed by atoms with van der Waals surface area (Å²) in [5.74, 6) is -1.72. The molecule has 0 aromatic rings. The maximum atomic E-state index is 9.93. The number of rotatable bonds is 5. The lowest BCUT2D eigenvalue weighted by Crippen LogP contribution is -2.41. The van der Waals surface area contributed by atoms with Gasteiger partial charge in [0.1, 0.15) is 6.10 Å². The van der Waals surface area contributed by atoms with E-state index in [4.69, 9.17) is 20.4 Å². The molecule has 72 valence electrons. The molecule has 0 aliphatic carbocycles. The number of hydrogen-bond donors (Lipinski definition) is 4. The van der Waals surface area contributed by atoms with Crippen LogP contribution < -0.4 is 5.11 Å². The Bertz CT molecular complexity index is 147. The van der Waals surface area contributed by atoms with Crippen LogP contribution in [-0.4, -0.2) is 51.3 Å². The van der Waals surface area contributed by atoms with Gasteiger partial charge in [-0.3, -0.25) is 0 Å². The van der Waals surface area contributed by atoms with Gasteiger partial charge in [0.05, 0.1) is 24.8 Å². The second-order valence-electron chi connectivity index (χ2n) is 2.39. The minimum Gasteiger partial charge on any atom is -0.547 e. The molecule has 0 bridgehead atoms. The highest BCUT2D eigenvalue weighted by Gasteiger charge is 2.19. The predicted octanol–water partition coefficient (Wildman–Crippen LogP) is -3.80. The third kappa shape index (κ3) is 3.63. The molecule has 4 N–H and O–H groups in total. The number of carboxylic acid groups (broad SMARTS) is 1. The van der Waals surface area contributed by atoms with Gasteiger partial charge in [0.2, 0.25) is 0 Å². The molecule has 0 aromatic heterocycles. The van der Waals surface area contributed by atoms with Crippen molar-refractivity contribution in [2.45, 2.75) is 24.7 Å². The van der Waals surface area contributed by atoms with Crippen molar-refractivity contribution in [2.75, 3.05) is 6.61 Å². The Hall–Kier alpha value is -0.690. The molecule has 3 atom stereocenters. The smallest absolute Gasteiger partial charge is 0.103 e. The number of hydrogen-bond acceptors (Lipinski definition) is 6. The third-order valence-corrected chi connectivity index (χ3v) is 1.37. The first-order valence-corrected chi connectivity index (χ1v) is 3.35. The Kier molecular flexibility index (Phi) is 4.75. The van der Waals surface area contributed by atoms with Crippen LogP contribution in [-0.2, 0) is 4.79 Å². The van der Waals surface area contributed by atoms with E-state index in [0.717, 1.165) is 0 Å². The molecular formula is C6H11O6-. The number of aliphatic hydroxyl groups is 4. The van der Waals surface area contributed by atoms with E-state index in [2.05, 4.69) is 0 Å². The van der Waals surface area contributed by atoms with Crippen LogP contribution >= 0.6 is 0 Å². The van der Waals surface area contributed by atoms with Crippen molar-refractivity contribution in [3.05, 3.63) is 0 Å². The van der Waals surface area contributed by atoms with Crippen LogP contribution in [0.3, 0.4) is 0 Å². The molecule has 0 radical (unpaired) electrons. The Morgan fingerprint density at radius 3 is 2.08 bits per heavy atom. The van der Waals surface area contributed by atoms with Crippen molar-refractivity contribution >= 4 is 5.97 Å². The quantitative estimate of drug-likeness (QED) is 0.343. The summed E-state index contributed by atoms with van der Waals surface area (Å²) < 4.78 is 0. The van der Waals surface area contributed by atoms with E-state index in [0.29, 0.717) is 0 Å². The lowest BCUT2D eigenvalue weighted by molar-refractivity contribution is -0.316. The molecule has 0 heterocycles.